The van der Waals surface area contributed by atoms with Crippen LogP contribution in [0.25, 0.3) is 0 Å². The Labute approximate surface area is 68.5 Å². The molecule has 0 spiro atoms. The maximum Gasteiger partial charge on any atom is 0.0679 e. The number of aliphatic hydroxyl groups excluding tert-OH is 1. The van der Waals surface area contributed by atoms with Gasteiger partial charge >= 0.3 is 0 Å². The van der Waals surface area contributed by atoms with Crippen LogP contribution in [0.1, 0.15) is 19.3 Å². The van der Waals surface area contributed by atoms with Crippen molar-refractivity contribution in [2.75, 3.05) is 19.6 Å². The zero-order valence-corrected chi connectivity index (χ0v) is 7.00. The molecule has 11 heavy (non-hydrogen) atoms. The van der Waals surface area contributed by atoms with Gasteiger partial charge in [-0.25, -0.2) is 0 Å². The molecule has 1 atom stereocenters. The molecule has 1 heterocycles. The summed E-state index contributed by atoms with van der Waals surface area (Å²) in [7, 11) is 0. The van der Waals surface area contributed by atoms with Crippen molar-refractivity contribution in [2.45, 2.75) is 25.4 Å². The second kappa shape index (κ2) is 4.52. The molecule has 0 saturated carbocycles. The first-order valence-electron chi connectivity index (χ1n) is 4.34. The topological polar surface area (TPSA) is 23.5 Å². The number of allylic oxidation sites excluding steroid dienone is 1. The van der Waals surface area contributed by atoms with Crippen LogP contribution in [0.3, 0.4) is 0 Å². The Morgan fingerprint density at radius 1 is 1.64 bits per heavy atom. The zero-order chi connectivity index (χ0) is 8.10. The van der Waals surface area contributed by atoms with Crippen molar-refractivity contribution >= 4 is 0 Å². The Morgan fingerprint density at radius 2 is 2.45 bits per heavy atom. The molecule has 2 nitrogen and oxygen atoms in total. The Morgan fingerprint density at radius 3 is 3.00 bits per heavy atom. The molecule has 1 aliphatic rings. The predicted octanol–water partition coefficient (Wildman–Crippen LogP) is 1.02. The van der Waals surface area contributed by atoms with Crippen LogP contribution in [0.2, 0.25) is 0 Å². The standard InChI is InChI=1S/C9H17NO/c1-2-3-4-6-10-7-5-9(11)8-10/h2,9,11H,1,3-8H2/t9-/m0/s1. The molecule has 0 bridgehead atoms. The molecule has 0 amide bonds. The summed E-state index contributed by atoms with van der Waals surface area (Å²) in [6.07, 6.45) is 5.10. The van der Waals surface area contributed by atoms with Crippen molar-refractivity contribution < 1.29 is 5.11 Å². The molecular formula is C9H17NO. The van der Waals surface area contributed by atoms with Gasteiger partial charge in [0.2, 0.25) is 0 Å². The molecule has 2 heteroatoms. The van der Waals surface area contributed by atoms with E-state index in [-0.39, 0.29) is 6.10 Å². The monoisotopic (exact) mass is 155 g/mol. The molecule has 1 aliphatic heterocycles. The van der Waals surface area contributed by atoms with E-state index >= 15 is 0 Å². The van der Waals surface area contributed by atoms with Crippen molar-refractivity contribution in [2.24, 2.45) is 0 Å². The van der Waals surface area contributed by atoms with Gasteiger partial charge in [0.15, 0.2) is 0 Å². The third-order valence-corrected chi connectivity index (χ3v) is 2.13. The highest BCUT2D eigenvalue weighted by Gasteiger charge is 2.18. The molecule has 64 valence electrons. The molecule has 0 radical (unpaired) electrons. The van der Waals surface area contributed by atoms with E-state index in [0.717, 1.165) is 32.5 Å². The van der Waals surface area contributed by atoms with Crippen LogP contribution in [0.5, 0.6) is 0 Å². The lowest BCUT2D eigenvalue weighted by Gasteiger charge is -2.13. The average Bonchev–Trinajstić information content (AvgIpc) is 2.37. The third kappa shape index (κ3) is 3.04. The van der Waals surface area contributed by atoms with Gasteiger partial charge in [0.1, 0.15) is 0 Å². The summed E-state index contributed by atoms with van der Waals surface area (Å²) in [6.45, 7) is 6.73. The van der Waals surface area contributed by atoms with Crippen molar-refractivity contribution in [3.63, 3.8) is 0 Å². The normalized spacial score (nSPS) is 25.7. The van der Waals surface area contributed by atoms with Crippen LogP contribution in [0.15, 0.2) is 12.7 Å². The van der Waals surface area contributed by atoms with Crippen LogP contribution >= 0.6 is 0 Å². The van der Waals surface area contributed by atoms with Gasteiger partial charge in [-0.15, -0.1) is 6.58 Å². The van der Waals surface area contributed by atoms with Crippen LogP contribution in [-0.2, 0) is 0 Å². The molecule has 1 rings (SSSR count). The second-order valence-corrected chi connectivity index (χ2v) is 3.17. The highest BCUT2D eigenvalue weighted by Crippen LogP contribution is 2.09. The number of β-amino-alcohol motifs (C(OH)–C–C–N with tert-alkyl or cyclic N) is 1. The number of hydrogen-bond donors (Lipinski definition) is 1. The van der Waals surface area contributed by atoms with E-state index < -0.39 is 0 Å². The SMILES string of the molecule is C=CCCCN1CC[C@H](O)C1. The summed E-state index contributed by atoms with van der Waals surface area (Å²) >= 11 is 0. The summed E-state index contributed by atoms with van der Waals surface area (Å²) < 4.78 is 0. The molecule has 0 unspecified atom stereocenters. The third-order valence-electron chi connectivity index (χ3n) is 2.13. The average molecular weight is 155 g/mol. The lowest BCUT2D eigenvalue weighted by molar-refractivity contribution is 0.176. The highest BCUT2D eigenvalue weighted by atomic mass is 16.3. The van der Waals surface area contributed by atoms with Crippen molar-refractivity contribution in [3.8, 4) is 0 Å². The van der Waals surface area contributed by atoms with E-state index in [1.165, 1.54) is 6.42 Å². The summed E-state index contributed by atoms with van der Waals surface area (Å²) in [4.78, 5) is 2.31. The van der Waals surface area contributed by atoms with E-state index in [1.54, 1.807) is 0 Å². The first kappa shape index (κ1) is 8.75. The first-order valence-corrected chi connectivity index (χ1v) is 4.34. The van der Waals surface area contributed by atoms with E-state index in [1.807, 2.05) is 6.08 Å². The smallest absolute Gasteiger partial charge is 0.0679 e. The van der Waals surface area contributed by atoms with Crippen LogP contribution < -0.4 is 0 Å². The molecule has 0 aromatic carbocycles. The van der Waals surface area contributed by atoms with Crippen LogP contribution in [0.4, 0.5) is 0 Å². The predicted molar refractivity (Wildman–Crippen MR) is 46.5 cm³/mol. The molecule has 0 aromatic rings. The van der Waals surface area contributed by atoms with Gasteiger partial charge in [-0.2, -0.15) is 0 Å². The lowest BCUT2D eigenvalue weighted by Crippen LogP contribution is -2.22. The summed E-state index contributed by atoms with van der Waals surface area (Å²) in [6, 6.07) is 0. The maximum absolute atomic E-state index is 9.19. The minimum Gasteiger partial charge on any atom is -0.392 e. The Kier molecular flexibility index (Phi) is 3.60. The summed E-state index contributed by atoms with van der Waals surface area (Å²) in [5, 5.41) is 9.19. The van der Waals surface area contributed by atoms with Gasteiger partial charge < -0.3 is 10.0 Å². The molecule has 1 saturated heterocycles. The molecule has 0 aliphatic carbocycles. The van der Waals surface area contributed by atoms with Crippen molar-refractivity contribution in [3.05, 3.63) is 12.7 Å². The maximum atomic E-state index is 9.19. The fourth-order valence-electron chi connectivity index (χ4n) is 1.47. The van der Waals surface area contributed by atoms with Gasteiger partial charge in [0.05, 0.1) is 6.10 Å². The van der Waals surface area contributed by atoms with E-state index in [4.69, 9.17) is 0 Å². The Balaban J connectivity index is 2.03. The quantitative estimate of drug-likeness (QED) is 0.484. The number of unbranched alkanes of at least 4 members (excludes halogenated alkanes) is 1. The lowest BCUT2D eigenvalue weighted by atomic mass is 10.3. The van der Waals surface area contributed by atoms with Gasteiger partial charge in [0, 0.05) is 13.1 Å². The first-order chi connectivity index (χ1) is 5.33. The van der Waals surface area contributed by atoms with Gasteiger partial charge in [0.25, 0.3) is 0 Å². The number of nitrogens with zero attached hydrogens (tertiary/aromatic N) is 1. The van der Waals surface area contributed by atoms with Gasteiger partial charge in [-0.3, -0.25) is 0 Å². The number of rotatable bonds is 4. The number of hydrogen-bond acceptors (Lipinski definition) is 2. The molecular weight excluding hydrogens is 138 g/mol. The molecule has 1 N–H and O–H groups in total. The van der Waals surface area contributed by atoms with E-state index in [0.29, 0.717) is 0 Å². The van der Waals surface area contributed by atoms with Gasteiger partial charge in [-0.1, -0.05) is 6.08 Å². The van der Waals surface area contributed by atoms with E-state index in [9.17, 15) is 5.11 Å². The minimum absolute atomic E-state index is 0.0706. The number of likely N-dealkylation sites (tertiary alicyclic amines) is 1. The largest absolute Gasteiger partial charge is 0.392 e. The summed E-state index contributed by atoms with van der Waals surface area (Å²) in [5.74, 6) is 0. The zero-order valence-electron chi connectivity index (χ0n) is 7.00. The Bertz CT molecular complexity index is 125. The Hall–Kier alpha value is -0.340. The molecule has 0 aromatic heterocycles. The van der Waals surface area contributed by atoms with Gasteiger partial charge in [-0.05, 0) is 25.8 Å². The number of aliphatic hydroxyl groups is 1. The van der Waals surface area contributed by atoms with Crippen molar-refractivity contribution in [1.29, 1.82) is 0 Å². The second-order valence-electron chi connectivity index (χ2n) is 3.17. The minimum atomic E-state index is -0.0706. The fraction of sp³-hybridized carbons (Fsp3) is 0.778. The fourth-order valence-corrected chi connectivity index (χ4v) is 1.47. The summed E-state index contributed by atoms with van der Waals surface area (Å²) in [5.41, 5.74) is 0. The van der Waals surface area contributed by atoms with Crippen molar-refractivity contribution in [1.82, 2.24) is 4.90 Å². The van der Waals surface area contributed by atoms with Crippen LogP contribution in [0, 0.1) is 0 Å². The molecule has 1 fully saturated rings. The highest BCUT2D eigenvalue weighted by molar-refractivity contribution is 4.75. The van der Waals surface area contributed by atoms with E-state index in [2.05, 4.69) is 11.5 Å². The van der Waals surface area contributed by atoms with Crippen LogP contribution in [-0.4, -0.2) is 35.7 Å².